The van der Waals surface area contributed by atoms with E-state index in [-0.39, 0.29) is 11.7 Å². The molecular formula is C19H22N2O4S. The maximum atomic E-state index is 13.0. The molecule has 0 atom stereocenters. The SMILES string of the molecule is Cc1cccc(N2CCN(S(=O)(=O)c3ccc4c(c3)OCO4)CC2)c1C. The molecule has 0 aromatic heterocycles. The second kappa shape index (κ2) is 6.48. The van der Waals surface area contributed by atoms with Crippen molar-refractivity contribution in [3.8, 4) is 11.5 Å². The topological polar surface area (TPSA) is 59.1 Å². The molecule has 0 spiro atoms. The van der Waals surface area contributed by atoms with Crippen molar-refractivity contribution >= 4 is 15.7 Å². The molecular weight excluding hydrogens is 352 g/mol. The fourth-order valence-electron chi connectivity index (χ4n) is 3.43. The van der Waals surface area contributed by atoms with Crippen molar-refractivity contribution in [2.45, 2.75) is 18.7 Å². The third-order valence-corrected chi connectivity index (χ3v) is 7.03. The van der Waals surface area contributed by atoms with Crippen molar-refractivity contribution in [1.29, 1.82) is 0 Å². The Morgan fingerprint density at radius 1 is 0.923 bits per heavy atom. The second-order valence-corrected chi connectivity index (χ2v) is 8.56. The molecule has 0 N–H and O–H groups in total. The molecule has 2 aliphatic rings. The Balaban J connectivity index is 1.51. The van der Waals surface area contributed by atoms with Gasteiger partial charge in [-0.1, -0.05) is 12.1 Å². The fourth-order valence-corrected chi connectivity index (χ4v) is 4.87. The molecule has 7 heteroatoms. The van der Waals surface area contributed by atoms with E-state index < -0.39 is 10.0 Å². The first-order chi connectivity index (χ1) is 12.5. The Labute approximate surface area is 154 Å². The number of piperazine rings is 1. The van der Waals surface area contributed by atoms with Crippen LogP contribution in [0.4, 0.5) is 5.69 Å². The van der Waals surface area contributed by atoms with Gasteiger partial charge in [0.1, 0.15) is 0 Å². The first kappa shape index (κ1) is 17.2. The van der Waals surface area contributed by atoms with E-state index in [2.05, 4.69) is 30.9 Å². The van der Waals surface area contributed by atoms with Crippen LogP contribution in [0.1, 0.15) is 11.1 Å². The van der Waals surface area contributed by atoms with Crippen molar-refractivity contribution < 1.29 is 17.9 Å². The maximum absolute atomic E-state index is 13.0. The van der Waals surface area contributed by atoms with Gasteiger partial charge in [0.05, 0.1) is 4.90 Å². The summed E-state index contributed by atoms with van der Waals surface area (Å²) < 4.78 is 38.0. The molecule has 1 fully saturated rings. The number of ether oxygens (including phenoxy) is 2. The molecule has 138 valence electrons. The number of anilines is 1. The van der Waals surface area contributed by atoms with E-state index in [9.17, 15) is 8.42 Å². The fraction of sp³-hybridized carbons (Fsp3) is 0.368. The quantitative estimate of drug-likeness (QED) is 0.826. The summed E-state index contributed by atoms with van der Waals surface area (Å²) in [4.78, 5) is 2.51. The molecule has 2 aliphatic heterocycles. The van der Waals surface area contributed by atoms with Crippen molar-refractivity contribution in [2.24, 2.45) is 0 Å². The number of hydrogen-bond donors (Lipinski definition) is 0. The van der Waals surface area contributed by atoms with Crippen LogP contribution in [0.25, 0.3) is 0 Å². The lowest BCUT2D eigenvalue weighted by Gasteiger charge is -2.36. The molecule has 2 aromatic rings. The molecule has 26 heavy (non-hydrogen) atoms. The molecule has 1 saturated heterocycles. The second-order valence-electron chi connectivity index (χ2n) is 6.63. The van der Waals surface area contributed by atoms with Crippen molar-refractivity contribution in [3.05, 3.63) is 47.5 Å². The van der Waals surface area contributed by atoms with E-state index in [4.69, 9.17) is 9.47 Å². The predicted octanol–water partition coefficient (Wildman–Crippen LogP) is 2.54. The first-order valence-corrected chi connectivity index (χ1v) is 10.1. The van der Waals surface area contributed by atoms with Crippen LogP contribution in [0.2, 0.25) is 0 Å². The Hall–Kier alpha value is -2.25. The van der Waals surface area contributed by atoms with Gasteiger partial charge in [-0.15, -0.1) is 0 Å². The van der Waals surface area contributed by atoms with Crippen molar-refractivity contribution in [3.63, 3.8) is 0 Å². The molecule has 4 rings (SSSR count). The van der Waals surface area contributed by atoms with E-state index in [1.54, 1.807) is 22.5 Å². The molecule has 0 radical (unpaired) electrons. The van der Waals surface area contributed by atoms with Crippen LogP contribution in [0.15, 0.2) is 41.3 Å². The summed E-state index contributed by atoms with van der Waals surface area (Å²) in [7, 11) is -3.54. The molecule has 0 saturated carbocycles. The van der Waals surface area contributed by atoms with Crippen LogP contribution < -0.4 is 14.4 Å². The molecule has 0 unspecified atom stereocenters. The third kappa shape index (κ3) is 2.91. The highest BCUT2D eigenvalue weighted by Crippen LogP contribution is 2.35. The largest absolute Gasteiger partial charge is 0.454 e. The summed E-state index contributed by atoms with van der Waals surface area (Å²) in [5.41, 5.74) is 3.68. The lowest BCUT2D eigenvalue weighted by atomic mass is 10.1. The minimum absolute atomic E-state index is 0.132. The van der Waals surface area contributed by atoms with Crippen molar-refractivity contribution in [1.82, 2.24) is 4.31 Å². The summed E-state index contributed by atoms with van der Waals surface area (Å²) in [6, 6.07) is 11.0. The summed E-state index contributed by atoms with van der Waals surface area (Å²) in [6.07, 6.45) is 0. The smallest absolute Gasteiger partial charge is 0.243 e. The van der Waals surface area contributed by atoms with Crippen LogP contribution in [0.3, 0.4) is 0 Å². The molecule has 6 nitrogen and oxygen atoms in total. The average Bonchev–Trinajstić information content (AvgIpc) is 3.12. The first-order valence-electron chi connectivity index (χ1n) is 8.68. The highest BCUT2D eigenvalue weighted by atomic mass is 32.2. The summed E-state index contributed by atoms with van der Waals surface area (Å²) in [5.74, 6) is 1.07. The molecule has 0 aliphatic carbocycles. The monoisotopic (exact) mass is 374 g/mol. The third-order valence-electron chi connectivity index (χ3n) is 5.14. The molecule has 0 amide bonds. The zero-order valence-electron chi connectivity index (χ0n) is 14.9. The van der Waals surface area contributed by atoms with Gasteiger partial charge in [0.2, 0.25) is 16.8 Å². The average molecular weight is 374 g/mol. The highest BCUT2D eigenvalue weighted by molar-refractivity contribution is 7.89. The number of rotatable bonds is 3. The summed E-state index contributed by atoms with van der Waals surface area (Å²) in [5, 5.41) is 0. The van der Waals surface area contributed by atoms with Crippen LogP contribution in [0.5, 0.6) is 11.5 Å². The minimum atomic E-state index is -3.54. The number of sulfonamides is 1. The number of fused-ring (bicyclic) bond motifs is 1. The number of benzene rings is 2. The Morgan fingerprint density at radius 2 is 1.65 bits per heavy atom. The van der Waals surface area contributed by atoms with Gasteiger partial charge in [-0.3, -0.25) is 0 Å². The van der Waals surface area contributed by atoms with Gasteiger partial charge >= 0.3 is 0 Å². The summed E-state index contributed by atoms with van der Waals surface area (Å²) in [6.45, 7) is 6.61. The van der Waals surface area contributed by atoms with E-state index in [0.29, 0.717) is 37.7 Å². The predicted molar refractivity (Wildman–Crippen MR) is 99.5 cm³/mol. The number of nitrogens with zero attached hydrogens (tertiary/aromatic N) is 2. The van der Waals surface area contributed by atoms with Crippen LogP contribution in [-0.2, 0) is 10.0 Å². The van der Waals surface area contributed by atoms with E-state index >= 15 is 0 Å². The lowest BCUT2D eigenvalue weighted by Crippen LogP contribution is -2.48. The van der Waals surface area contributed by atoms with E-state index in [1.807, 2.05) is 6.07 Å². The van der Waals surface area contributed by atoms with Gasteiger partial charge in [0, 0.05) is 37.9 Å². The zero-order valence-corrected chi connectivity index (χ0v) is 15.8. The highest BCUT2D eigenvalue weighted by Gasteiger charge is 2.30. The lowest BCUT2D eigenvalue weighted by molar-refractivity contribution is 0.174. The van der Waals surface area contributed by atoms with E-state index in [1.165, 1.54) is 16.8 Å². The van der Waals surface area contributed by atoms with Gasteiger partial charge in [-0.05, 0) is 43.2 Å². The van der Waals surface area contributed by atoms with Gasteiger partial charge in [0.15, 0.2) is 11.5 Å². The Bertz CT molecular complexity index is 935. The number of hydrogen-bond acceptors (Lipinski definition) is 5. The molecule has 0 bridgehead atoms. The Morgan fingerprint density at radius 3 is 2.42 bits per heavy atom. The standard InChI is InChI=1S/C19H22N2O4S/c1-14-4-3-5-17(15(14)2)20-8-10-21(11-9-20)26(22,23)16-6-7-18-19(12-16)25-13-24-18/h3-7,12H,8-11,13H2,1-2H3. The van der Waals surface area contributed by atoms with Crippen LogP contribution in [-0.4, -0.2) is 45.7 Å². The Kier molecular flexibility index (Phi) is 4.28. The zero-order chi connectivity index (χ0) is 18.3. The number of aryl methyl sites for hydroxylation is 1. The normalized spacial score (nSPS) is 17.5. The van der Waals surface area contributed by atoms with E-state index in [0.717, 1.165) is 0 Å². The van der Waals surface area contributed by atoms with Gasteiger partial charge < -0.3 is 14.4 Å². The van der Waals surface area contributed by atoms with Crippen LogP contribution in [0, 0.1) is 13.8 Å². The maximum Gasteiger partial charge on any atom is 0.243 e. The van der Waals surface area contributed by atoms with Gasteiger partial charge in [-0.25, -0.2) is 8.42 Å². The minimum Gasteiger partial charge on any atom is -0.454 e. The molecule has 2 aromatic carbocycles. The molecule has 2 heterocycles. The van der Waals surface area contributed by atoms with Crippen LogP contribution >= 0.6 is 0 Å². The van der Waals surface area contributed by atoms with Crippen molar-refractivity contribution in [2.75, 3.05) is 37.9 Å². The van der Waals surface area contributed by atoms with Gasteiger partial charge in [0.25, 0.3) is 0 Å². The summed E-state index contributed by atoms with van der Waals surface area (Å²) >= 11 is 0. The van der Waals surface area contributed by atoms with Gasteiger partial charge in [-0.2, -0.15) is 4.31 Å².